The van der Waals surface area contributed by atoms with Crippen LogP contribution in [0.1, 0.15) is 21.1 Å². The Morgan fingerprint density at radius 2 is 0.906 bits per heavy atom. The van der Waals surface area contributed by atoms with Crippen molar-refractivity contribution in [2.75, 3.05) is 10.6 Å². The standard InChI is InChI=1S/C24H20N6S2/c1-3-11-19(12-4-1)25-23-29-27-21(31-23)15-17-9-7-8-10-18(17)16-22-28-30-24(32-22)26-20-13-5-2-6-14-20/h1-14H,15-16H2,(H,25,29)(H,26,30). The Kier molecular flexibility index (Phi) is 6.13. The zero-order valence-electron chi connectivity index (χ0n) is 17.1. The number of rotatable bonds is 8. The first-order valence-electron chi connectivity index (χ1n) is 10.2. The number of nitrogens with one attached hydrogen (secondary N) is 2. The van der Waals surface area contributed by atoms with Crippen LogP contribution in [0, 0.1) is 0 Å². The van der Waals surface area contributed by atoms with Crippen LogP contribution in [0.4, 0.5) is 21.6 Å². The van der Waals surface area contributed by atoms with E-state index in [2.05, 4.69) is 55.3 Å². The first kappa shape index (κ1) is 20.3. The third kappa shape index (κ3) is 5.16. The van der Waals surface area contributed by atoms with Crippen LogP contribution in [0.5, 0.6) is 0 Å². The fourth-order valence-corrected chi connectivity index (χ4v) is 4.84. The summed E-state index contributed by atoms with van der Waals surface area (Å²) in [5.41, 5.74) is 4.46. The molecule has 0 radical (unpaired) electrons. The number of hydrogen-bond acceptors (Lipinski definition) is 8. The van der Waals surface area contributed by atoms with E-state index in [0.29, 0.717) is 0 Å². The Bertz CT molecular complexity index is 1180. The molecule has 6 nitrogen and oxygen atoms in total. The second-order valence-corrected chi connectivity index (χ2v) is 9.23. The van der Waals surface area contributed by atoms with Gasteiger partial charge in [0.1, 0.15) is 10.0 Å². The fraction of sp³-hybridized carbons (Fsp3) is 0.0833. The van der Waals surface area contributed by atoms with Crippen LogP contribution in [0.15, 0.2) is 84.9 Å². The molecule has 2 heterocycles. The molecule has 0 aliphatic rings. The highest BCUT2D eigenvalue weighted by atomic mass is 32.1. The topological polar surface area (TPSA) is 75.6 Å². The summed E-state index contributed by atoms with van der Waals surface area (Å²) in [4.78, 5) is 0. The number of anilines is 4. The molecule has 0 saturated carbocycles. The van der Waals surface area contributed by atoms with Gasteiger partial charge in [-0.1, -0.05) is 83.3 Å². The molecular formula is C24H20N6S2. The SMILES string of the molecule is c1ccc(Nc2nnc(Cc3ccccc3Cc3nnc(Nc4ccccc4)s3)s2)cc1. The summed E-state index contributed by atoms with van der Waals surface area (Å²) in [5.74, 6) is 0. The largest absolute Gasteiger partial charge is 0.330 e. The van der Waals surface area contributed by atoms with E-state index in [0.717, 1.165) is 44.5 Å². The maximum Gasteiger partial charge on any atom is 0.210 e. The highest BCUT2D eigenvalue weighted by Gasteiger charge is 2.12. The molecule has 0 aliphatic heterocycles. The van der Waals surface area contributed by atoms with Gasteiger partial charge in [-0.2, -0.15) is 0 Å². The van der Waals surface area contributed by atoms with Gasteiger partial charge < -0.3 is 10.6 Å². The third-order valence-corrected chi connectivity index (χ3v) is 6.46. The Morgan fingerprint density at radius 1 is 0.500 bits per heavy atom. The minimum absolute atomic E-state index is 0.734. The van der Waals surface area contributed by atoms with Crippen molar-refractivity contribution in [2.24, 2.45) is 0 Å². The molecule has 0 amide bonds. The lowest BCUT2D eigenvalue weighted by molar-refractivity contribution is 0.971. The number of hydrogen-bond donors (Lipinski definition) is 2. The number of para-hydroxylation sites is 2. The highest BCUT2D eigenvalue weighted by molar-refractivity contribution is 7.15. The van der Waals surface area contributed by atoms with E-state index in [-0.39, 0.29) is 0 Å². The van der Waals surface area contributed by atoms with Crippen molar-refractivity contribution >= 4 is 44.3 Å². The Hall–Kier alpha value is -3.62. The number of benzene rings is 3. The van der Waals surface area contributed by atoms with Crippen LogP contribution >= 0.6 is 22.7 Å². The second kappa shape index (κ2) is 9.67. The minimum Gasteiger partial charge on any atom is -0.330 e. The van der Waals surface area contributed by atoms with E-state index in [1.807, 2.05) is 60.7 Å². The zero-order chi connectivity index (χ0) is 21.6. The average Bonchev–Trinajstić information content (AvgIpc) is 3.46. The quantitative estimate of drug-likeness (QED) is 0.296. The molecule has 2 aromatic heterocycles. The normalized spacial score (nSPS) is 10.8. The first-order chi connectivity index (χ1) is 15.8. The molecule has 0 saturated heterocycles. The van der Waals surface area contributed by atoms with Gasteiger partial charge in [0.05, 0.1) is 0 Å². The van der Waals surface area contributed by atoms with Gasteiger partial charge in [-0.3, -0.25) is 0 Å². The van der Waals surface area contributed by atoms with Gasteiger partial charge in [0, 0.05) is 24.2 Å². The highest BCUT2D eigenvalue weighted by Crippen LogP contribution is 2.26. The van der Waals surface area contributed by atoms with Gasteiger partial charge >= 0.3 is 0 Å². The van der Waals surface area contributed by atoms with E-state index in [4.69, 9.17) is 0 Å². The second-order valence-electron chi connectivity index (χ2n) is 7.11. The van der Waals surface area contributed by atoms with Crippen LogP contribution in [0.2, 0.25) is 0 Å². The predicted octanol–water partition coefficient (Wildman–Crippen LogP) is 6.06. The van der Waals surface area contributed by atoms with Crippen molar-refractivity contribution in [1.29, 1.82) is 0 Å². The van der Waals surface area contributed by atoms with E-state index in [1.54, 1.807) is 22.7 Å². The maximum atomic E-state index is 4.38. The molecule has 2 N–H and O–H groups in total. The van der Waals surface area contributed by atoms with Gasteiger partial charge in [-0.05, 0) is 35.4 Å². The molecule has 0 aliphatic carbocycles. The molecule has 0 spiro atoms. The molecule has 0 bridgehead atoms. The summed E-state index contributed by atoms with van der Waals surface area (Å²) in [6.45, 7) is 0. The van der Waals surface area contributed by atoms with Crippen molar-refractivity contribution in [2.45, 2.75) is 12.8 Å². The van der Waals surface area contributed by atoms with Crippen molar-refractivity contribution < 1.29 is 0 Å². The van der Waals surface area contributed by atoms with E-state index in [1.165, 1.54) is 11.1 Å². The fourth-order valence-electron chi connectivity index (χ4n) is 3.27. The lowest BCUT2D eigenvalue weighted by Crippen LogP contribution is -1.96. The summed E-state index contributed by atoms with van der Waals surface area (Å²) in [6, 6.07) is 28.4. The van der Waals surface area contributed by atoms with Crippen LogP contribution in [0.3, 0.4) is 0 Å². The molecule has 5 rings (SSSR count). The molecular weight excluding hydrogens is 436 g/mol. The van der Waals surface area contributed by atoms with Gasteiger partial charge in [0.2, 0.25) is 10.3 Å². The van der Waals surface area contributed by atoms with Gasteiger partial charge in [0.15, 0.2) is 0 Å². The molecule has 0 unspecified atom stereocenters. The molecule has 8 heteroatoms. The van der Waals surface area contributed by atoms with E-state index in [9.17, 15) is 0 Å². The average molecular weight is 457 g/mol. The number of aromatic nitrogens is 4. The monoisotopic (exact) mass is 456 g/mol. The lowest BCUT2D eigenvalue weighted by Gasteiger charge is -2.06. The Morgan fingerprint density at radius 3 is 1.34 bits per heavy atom. The van der Waals surface area contributed by atoms with Gasteiger partial charge in [0.25, 0.3) is 0 Å². The van der Waals surface area contributed by atoms with Crippen LogP contribution in [-0.4, -0.2) is 20.4 Å². The van der Waals surface area contributed by atoms with E-state index < -0.39 is 0 Å². The molecule has 158 valence electrons. The van der Waals surface area contributed by atoms with Crippen LogP contribution in [0.25, 0.3) is 0 Å². The maximum absolute atomic E-state index is 4.38. The van der Waals surface area contributed by atoms with Crippen molar-refractivity contribution in [3.05, 3.63) is 106 Å². The van der Waals surface area contributed by atoms with Gasteiger partial charge in [-0.25, -0.2) is 0 Å². The minimum atomic E-state index is 0.734. The first-order valence-corrected chi connectivity index (χ1v) is 11.8. The molecule has 0 atom stereocenters. The molecule has 32 heavy (non-hydrogen) atoms. The van der Waals surface area contributed by atoms with Crippen LogP contribution < -0.4 is 10.6 Å². The van der Waals surface area contributed by atoms with Crippen molar-refractivity contribution in [3.63, 3.8) is 0 Å². The smallest absolute Gasteiger partial charge is 0.210 e. The lowest BCUT2D eigenvalue weighted by atomic mass is 10.0. The number of nitrogens with zero attached hydrogens (tertiary/aromatic N) is 4. The van der Waals surface area contributed by atoms with Crippen molar-refractivity contribution in [1.82, 2.24) is 20.4 Å². The summed E-state index contributed by atoms with van der Waals surface area (Å²) in [7, 11) is 0. The Balaban J connectivity index is 1.27. The summed E-state index contributed by atoms with van der Waals surface area (Å²) in [5, 5.41) is 27.5. The zero-order valence-corrected chi connectivity index (χ0v) is 18.7. The molecule has 5 aromatic rings. The third-order valence-electron chi connectivity index (χ3n) is 4.79. The molecule has 0 fully saturated rings. The van der Waals surface area contributed by atoms with Crippen molar-refractivity contribution in [3.8, 4) is 0 Å². The van der Waals surface area contributed by atoms with E-state index >= 15 is 0 Å². The molecule has 3 aromatic carbocycles. The summed E-state index contributed by atoms with van der Waals surface area (Å²) >= 11 is 3.15. The summed E-state index contributed by atoms with van der Waals surface area (Å²) < 4.78 is 0. The van der Waals surface area contributed by atoms with Crippen LogP contribution in [-0.2, 0) is 12.8 Å². The summed E-state index contributed by atoms with van der Waals surface area (Å²) in [6.07, 6.45) is 1.47. The predicted molar refractivity (Wildman–Crippen MR) is 131 cm³/mol. The van der Waals surface area contributed by atoms with Gasteiger partial charge in [-0.15, -0.1) is 20.4 Å². The Labute approximate surface area is 194 Å².